The van der Waals surface area contributed by atoms with Crippen LogP contribution < -0.4 is 20.3 Å². The fourth-order valence-corrected chi connectivity index (χ4v) is 2.31. The number of nitrogens with zero attached hydrogens (tertiary/aromatic N) is 4. The molecular formula is C19H20N6O2. The lowest BCUT2D eigenvalue weighted by Crippen LogP contribution is -2.12. The molecule has 0 bridgehead atoms. The van der Waals surface area contributed by atoms with Crippen LogP contribution in [0, 0.1) is 0 Å². The van der Waals surface area contributed by atoms with Crippen LogP contribution in [0.4, 0.5) is 22.9 Å². The molecule has 3 aromatic rings. The Morgan fingerprint density at radius 2 is 1.81 bits per heavy atom. The minimum Gasteiger partial charge on any atom is -0.481 e. The molecule has 0 saturated carbocycles. The van der Waals surface area contributed by atoms with E-state index in [2.05, 4.69) is 25.8 Å². The average Bonchev–Trinajstić information content (AvgIpc) is 2.69. The molecular weight excluding hydrogens is 344 g/mol. The molecule has 0 aliphatic rings. The van der Waals surface area contributed by atoms with Gasteiger partial charge in [-0.1, -0.05) is 0 Å². The van der Waals surface area contributed by atoms with Gasteiger partial charge in [-0.2, -0.15) is 5.10 Å². The van der Waals surface area contributed by atoms with Crippen molar-refractivity contribution in [2.24, 2.45) is 0 Å². The molecule has 0 aliphatic heterocycles. The van der Waals surface area contributed by atoms with Crippen molar-refractivity contribution in [2.45, 2.75) is 0 Å². The number of rotatable bonds is 6. The normalized spacial score (nSPS) is 10.2. The highest BCUT2D eigenvalue weighted by atomic mass is 16.5. The van der Waals surface area contributed by atoms with Gasteiger partial charge in [0.05, 0.1) is 19.0 Å². The first kappa shape index (κ1) is 18.1. The van der Waals surface area contributed by atoms with Gasteiger partial charge in [-0.05, 0) is 30.3 Å². The van der Waals surface area contributed by atoms with Gasteiger partial charge in [0.2, 0.25) is 5.88 Å². The van der Waals surface area contributed by atoms with Crippen LogP contribution in [0.5, 0.6) is 5.88 Å². The third-order valence-electron chi connectivity index (χ3n) is 3.78. The van der Waals surface area contributed by atoms with Crippen molar-refractivity contribution in [1.29, 1.82) is 0 Å². The first-order valence-electron chi connectivity index (χ1n) is 8.23. The van der Waals surface area contributed by atoms with Crippen molar-refractivity contribution in [2.75, 3.05) is 36.7 Å². The van der Waals surface area contributed by atoms with E-state index in [0.717, 1.165) is 11.4 Å². The van der Waals surface area contributed by atoms with Gasteiger partial charge < -0.3 is 20.3 Å². The number of aromatic nitrogens is 3. The van der Waals surface area contributed by atoms with Crippen molar-refractivity contribution in [1.82, 2.24) is 15.2 Å². The van der Waals surface area contributed by atoms with Crippen molar-refractivity contribution in [3.8, 4) is 5.88 Å². The third kappa shape index (κ3) is 4.69. The highest BCUT2D eigenvalue weighted by Crippen LogP contribution is 2.20. The van der Waals surface area contributed by atoms with Crippen LogP contribution in [-0.4, -0.2) is 42.3 Å². The molecule has 0 unspecified atom stereocenters. The molecule has 0 aliphatic carbocycles. The van der Waals surface area contributed by atoms with Crippen molar-refractivity contribution >= 4 is 28.8 Å². The second-order valence-corrected chi connectivity index (χ2v) is 5.94. The quantitative estimate of drug-likeness (QED) is 0.695. The standard InChI is InChI=1S/C19H20N6O2/c1-25(2)16-11-17(24-21-12-16)22-14-4-6-15(7-5-14)23-19(26)13-8-9-20-18(10-13)27-3/h4-12H,1-3H3,(H,22,24)(H,23,26). The van der Waals surface area contributed by atoms with Crippen molar-refractivity contribution in [3.63, 3.8) is 0 Å². The van der Waals surface area contributed by atoms with E-state index in [4.69, 9.17) is 4.74 Å². The van der Waals surface area contributed by atoms with E-state index in [0.29, 0.717) is 22.9 Å². The first-order valence-corrected chi connectivity index (χ1v) is 8.23. The summed E-state index contributed by atoms with van der Waals surface area (Å²) in [5, 5.41) is 14.1. The maximum Gasteiger partial charge on any atom is 0.255 e. The number of methoxy groups -OCH3 is 1. The number of nitrogens with one attached hydrogen (secondary N) is 2. The summed E-state index contributed by atoms with van der Waals surface area (Å²) in [6.07, 6.45) is 3.22. The highest BCUT2D eigenvalue weighted by Gasteiger charge is 2.08. The van der Waals surface area contributed by atoms with Gasteiger partial charge in [-0.3, -0.25) is 4.79 Å². The minimum absolute atomic E-state index is 0.235. The predicted molar refractivity (Wildman–Crippen MR) is 105 cm³/mol. The summed E-state index contributed by atoms with van der Waals surface area (Å²) in [5.41, 5.74) is 2.93. The predicted octanol–water partition coefficient (Wildman–Crippen LogP) is 2.94. The molecule has 2 aromatic heterocycles. The molecule has 8 heteroatoms. The van der Waals surface area contributed by atoms with Crippen LogP contribution in [0.3, 0.4) is 0 Å². The van der Waals surface area contributed by atoms with Gasteiger partial charge in [0.1, 0.15) is 0 Å². The second kappa shape index (κ2) is 8.13. The van der Waals surface area contributed by atoms with Crippen molar-refractivity contribution in [3.05, 3.63) is 60.4 Å². The van der Waals surface area contributed by atoms with Crippen LogP contribution >= 0.6 is 0 Å². The number of hydrogen-bond donors (Lipinski definition) is 2. The molecule has 27 heavy (non-hydrogen) atoms. The molecule has 1 amide bonds. The number of ether oxygens (including phenoxy) is 1. The molecule has 138 valence electrons. The Hall–Kier alpha value is -3.68. The van der Waals surface area contributed by atoms with Gasteiger partial charge in [-0.25, -0.2) is 4.98 Å². The molecule has 0 fully saturated rings. The molecule has 0 atom stereocenters. The molecule has 3 rings (SSSR count). The fraction of sp³-hybridized carbons (Fsp3) is 0.158. The van der Waals surface area contributed by atoms with E-state index < -0.39 is 0 Å². The van der Waals surface area contributed by atoms with E-state index in [1.165, 1.54) is 13.3 Å². The molecule has 0 radical (unpaired) electrons. The maximum absolute atomic E-state index is 12.3. The summed E-state index contributed by atoms with van der Waals surface area (Å²) in [6.45, 7) is 0. The molecule has 2 heterocycles. The zero-order valence-electron chi connectivity index (χ0n) is 15.3. The summed E-state index contributed by atoms with van der Waals surface area (Å²) >= 11 is 0. The number of hydrogen-bond acceptors (Lipinski definition) is 7. The second-order valence-electron chi connectivity index (χ2n) is 5.94. The van der Waals surface area contributed by atoms with Gasteiger partial charge in [-0.15, -0.1) is 5.10 Å². The molecule has 0 saturated heterocycles. The zero-order chi connectivity index (χ0) is 19.2. The number of pyridine rings is 1. The van der Waals surface area contributed by atoms with Gasteiger partial charge in [0.25, 0.3) is 5.91 Å². The molecule has 2 N–H and O–H groups in total. The number of anilines is 4. The molecule has 8 nitrogen and oxygen atoms in total. The largest absolute Gasteiger partial charge is 0.481 e. The summed E-state index contributed by atoms with van der Waals surface area (Å²) in [6, 6.07) is 12.4. The van der Waals surface area contributed by atoms with E-state index >= 15 is 0 Å². The van der Waals surface area contributed by atoms with Crippen LogP contribution in [0.2, 0.25) is 0 Å². The summed E-state index contributed by atoms with van der Waals surface area (Å²) in [5.74, 6) is 0.797. The molecule has 0 spiro atoms. The van der Waals surface area contributed by atoms with E-state index in [-0.39, 0.29) is 5.91 Å². The topological polar surface area (TPSA) is 92.3 Å². The van der Waals surface area contributed by atoms with Gasteiger partial charge in [0, 0.05) is 49.4 Å². The molecule has 1 aromatic carbocycles. The Balaban J connectivity index is 1.66. The Bertz CT molecular complexity index is 927. The Morgan fingerprint density at radius 3 is 2.52 bits per heavy atom. The number of carbonyl (C=O) groups excluding carboxylic acids is 1. The Labute approximate surface area is 157 Å². The zero-order valence-corrected chi connectivity index (χ0v) is 15.3. The lowest BCUT2D eigenvalue weighted by molar-refractivity contribution is 0.102. The van der Waals surface area contributed by atoms with E-state index in [1.54, 1.807) is 18.3 Å². The lowest BCUT2D eigenvalue weighted by Gasteiger charge is -2.13. The monoisotopic (exact) mass is 364 g/mol. The number of carbonyl (C=O) groups is 1. The first-order chi connectivity index (χ1) is 13.0. The smallest absolute Gasteiger partial charge is 0.255 e. The highest BCUT2D eigenvalue weighted by molar-refractivity contribution is 6.04. The lowest BCUT2D eigenvalue weighted by atomic mass is 10.2. The SMILES string of the molecule is COc1cc(C(=O)Nc2ccc(Nc3cc(N(C)C)cnn3)cc2)ccn1. The van der Waals surface area contributed by atoms with E-state index in [1.807, 2.05) is 49.3 Å². The average molecular weight is 364 g/mol. The minimum atomic E-state index is -0.235. The number of benzene rings is 1. The third-order valence-corrected chi connectivity index (χ3v) is 3.78. The Kier molecular flexibility index (Phi) is 5.46. The van der Waals surface area contributed by atoms with Gasteiger partial charge >= 0.3 is 0 Å². The van der Waals surface area contributed by atoms with E-state index in [9.17, 15) is 4.79 Å². The Morgan fingerprint density at radius 1 is 1.07 bits per heavy atom. The van der Waals surface area contributed by atoms with Crippen LogP contribution in [0.15, 0.2) is 54.9 Å². The number of amides is 1. The maximum atomic E-state index is 12.3. The van der Waals surface area contributed by atoms with Crippen LogP contribution in [-0.2, 0) is 0 Å². The summed E-state index contributed by atoms with van der Waals surface area (Å²) in [7, 11) is 5.39. The van der Waals surface area contributed by atoms with Crippen molar-refractivity contribution < 1.29 is 9.53 Å². The van der Waals surface area contributed by atoms with Gasteiger partial charge in [0.15, 0.2) is 5.82 Å². The van der Waals surface area contributed by atoms with Crippen LogP contribution in [0.1, 0.15) is 10.4 Å². The fourth-order valence-electron chi connectivity index (χ4n) is 2.31. The summed E-state index contributed by atoms with van der Waals surface area (Å²) in [4.78, 5) is 18.3. The summed E-state index contributed by atoms with van der Waals surface area (Å²) < 4.78 is 5.04. The van der Waals surface area contributed by atoms with Crippen LogP contribution in [0.25, 0.3) is 0 Å².